The molecule has 0 fully saturated rings. The van der Waals surface area contributed by atoms with Gasteiger partial charge in [0.2, 0.25) is 0 Å². The number of hydrogen-bond donors (Lipinski definition) is 1. The highest BCUT2D eigenvalue weighted by molar-refractivity contribution is 6.34. The highest BCUT2D eigenvalue weighted by Crippen LogP contribution is 2.38. The predicted molar refractivity (Wildman–Crippen MR) is 116 cm³/mol. The van der Waals surface area contributed by atoms with Gasteiger partial charge in [-0.1, -0.05) is 53.5 Å². The maximum atomic E-state index is 13.1. The van der Waals surface area contributed by atoms with Gasteiger partial charge in [-0.15, -0.1) is 0 Å². The van der Waals surface area contributed by atoms with Crippen LogP contribution >= 0.6 is 23.2 Å². The van der Waals surface area contributed by atoms with Crippen LogP contribution in [-0.2, 0) is 0 Å². The molecule has 2 aromatic carbocycles. The number of nitrogens with zero attached hydrogens (tertiary/aromatic N) is 3. The van der Waals surface area contributed by atoms with Crippen molar-refractivity contribution in [1.82, 2.24) is 19.9 Å². The van der Waals surface area contributed by atoms with Crippen molar-refractivity contribution in [3.63, 3.8) is 0 Å². The number of benzene rings is 2. The largest absolute Gasteiger partial charge is 0.349 e. The van der Waals surface area contributed by atoms with Crippen LogP contribution in [0, 0.1) is 0 Å². The molecule has 0 aliphatic heterocycles. The highest BCUT2D eigenvalue weighted by atomic mass is 35.5. The quantitative estimate of drug-likeness (QED) is 0.469. The lowest BCUT2D eigenvalue weighted by atomic mass is 9.96. The van der Waals surface area contributed by atoms with Crippen molar-refractivity contribution in [1.29, 1.82) is 0 Å². The molecule has 29 heavy (non-hydrogen) atoms. The van der Waals surface area contributed by atoms with Gasteiger partial charge in [0.05, 0.1) is 11.9 Å². The Morgan fingerprint density at radius 2 is 1.76 bits per heavy atom. The van der Waals surface area contributed by atoms with Crippen molar-refractivity contribution in [2.75, 3.05) is 0 Å². The van der Waals surface area contributed by atoms with E-state index in [1.807, 2.05) is 44.2 Å². The molecule has 0 aliphatic rings. The van der Waals surface area contributed by atoms with Gasteiger partial charge in [0.25, 0.3) is 5.91 Å². The second-order valence-electron chi connectivity index (χ2n) is 6.90. The van der Waals surface area contributed by atoms with Gasteiger partial charge >= 0.3 is 0 Å². The summed E-state index contributed by atoms with van der Waals surface area (Å²) in [7, 11) is 0. The van der Waals surface area contributed by atoms with Gasteiger partial charge in [0.15, 0.2) is 5.65 Å². The van der Waals surface area contributed by atoms with E-state index in [0.717, 1.165) is 11.3 Å². The number of carbonyl (C=O) groups excluding carboxylic acids is 1. The van der Waals surface area contributed by atoms with Gasteiger partial charge < -0.3 is 5.32 Å². The highest BCUT2D eigenvalue weighted by Gasteiger charge is 2.25. The Bertz CT molecular complexity index is 1200. The zero-order valence-electron chi connectivity index (χ0n) is 15.9. The van der Waals surface area contributed by atoms with Gasteiger partial charge in [-0.3, -0.25) is 4.79 Å². The minimum atomic E-state index is -0.270. The number of amides is 1. The fourth-order valence-electron chi connectivity index (χ4n) is 3.23. The Balaban J connectivity index is 2.12. The van der Waals surface area contributed by atoms with Crippen LogP contribution in [0.4, 0.5) is 0 Å². The Kier molecular flexibility index (Phi) is 5.26. The molecule has 0 saturated carbocycles. The smallest absolute Gasteiger partial charge is 0.270 e. The maximum absolute atomic E-state index is 13.1. The van der Waals surface area contributed by atoms with Crippen LogP contribution in [0.5, 0.6) is 0 Å². The van der Waals surface area contributed by atoms with Gasteiger partial charge in [0.1, 0.15) is 5.69 Å². The molecule has 0 spiro atoms. The molecule has 0 bridgehead atoms. The molecular weight excluding hydrogens is 407 g/mol. The summed E-state index contributed by atoms with van der Waals surface area (Å²) < 4.78 is 1.72. The zero-order valence-corrected chi connectivity index (χ0v) is 17.4. The van der Waals surface area contributed by atoms with E-state index in [4.69, 9.17) is 23.2 Å². The Hall–Kier alpha value is -2.89. The summed E-state index contributed by atoms with van der Waals surface area (Å²) >= 11 is 12.6. The molecule has 0 atom stereocenters. The fourth-order valence-corrected chi connectivity index (χ4v) is 3.59. The molecule has 0 saturated heterocycles. The molecule has 2 heterocycles. The van der Waals surface area contributed by atoms with Crippen LogP contribution in [0.3, 0.4) is 0 Å². The summed E-state index contributed by atoms with van der Waals surface area (Å²) in [6, 6.07) is 16.5. The average molecular weight is 425 g/mol. The Labute approximate surface area is 178 Å². The molecule has 4 aromatic rings. The van der Waals surface area contributed by atoms with Crippen LogP contribution in [0.25, 0.3) is 28.0 Å². The number of fused-ring (bicyclic) bond motifs is 1. The molecule has 146 valence electrons. The van der Waals surface area contributed by atoms with Crippen molar-refractivity contribution < 1.29 is 4.79 Å². The molecular formula is C22H18Cl2N4O. The molecule has 0 unspecified atom stereocenters. The van der Waals surface area contributed by atoms with Gasteiger partial charge in [-0.25, -0.2) is 9.50 Å². The molecule has 1 N–H and O–H groups in total. The second-order valence-corrected chi connectivity index (χ2v) is 7.74. The normalized spacial score (nSPS) is 11.2. The first-order valence-corrected chi connectivity index (χ1v) is 9.90. The summed E-state index contributed by atoms with van der Waals surface area (Å²) in [6.45, 7) is 3.81. The van der Waals surface area contributed by atoms with E-state index in [2.05, 4.69) is 15.4 Å². The van der Waals surface area contributed by atoms with E-state index in [9.17, 15) is 4.79 Å². The lowest BCUT2D eigenvalue weighted by Gasteiger charge is -2.18. The molecule has 0 radical (unpaired) electrons. The molecule has 2 aromatic heterocycles. The molecule has 7 heteroatoms. The van der Waals surface area contributed by atoms with Crippen molar-refractivity contribution in [3.05, 3.63) is 76.5 Å². The van der Waals surface area contributed by atoms with Crippen molar-refractivity contribution in [2.45, 2.75) is 19.9 Å². The Morgan fingerprint density at radius 3 is 2.45 bits per heavy atom. The van der Waals surface area contributed by atoms with Crippen molar-refractivity contribution in [2.24, 2.45) is 0 Å². The molecule has 4 rings (SSSR count). The van der Waals surface area contributed by atoms with E-state index in [-0.39, 0.29) is 11.9 Å². The van der Waals surface area contributed by atoms with Crippen molar-refractivity contribution in [3.8, 4) is 22.4 Å². The van der Waals surface area contributed by atoms with Crippen LogP contribution < -0.4 is 5.32 Å². The Morgan fingerprint density at radius 1 is 1.03 bits per heavy atom. The average Bonchev–Trinajstić information content (AvgIpc) is 3.16. The number of nitrogens with one attached hydrogen (secondary N) is 1. The minimum absolute atomic E-state index is 0.0384. The van der Waals surface area contributed by atoms with Crippen molar-refractivity contribution >= 4 is 34.8 Å². The summed E-state index contributed by atoms with van der Waals surface area (Å²) in [5.74, 6) is -0.270. The van der Waals surface area contributed by atoms with E-state index >= 15 is 0 Å². The summed E-state index contributed by atoms with van der Waals surface area (Å²) in [4.78, 5) is 17.7. The van der Waals surface area contributed by atoms with E-state index in [0.29, 0.717) is 32.5 Å². The number of carbonyl (C=O) groups is 1. The third kappa shape index (κ3) is 3.71. The third-order valence-corrected chi connectivity index (χ3v) is 5.01. The van der Waals surface area contributed by atoms with Crippen LogP contribution in [0.2, 0.25) is 10.0 Å². The van der Waals surface area contributed by atoms with E-state index in [1.54, 1.807) is 35.0 Å². The number of hydrogen-bond acceptors (Lipinski definition) is 3. The summed E-state index contributed by atoms with van der Waals surface area (Å²) in [6.07, 6.45) is 1.66. The molecule has 0 aliphatic carbocycles. The third-order valence-electron chi connectivity index (χ3n) is 4.43. The summed E-state index contributed by atoms with van der Waals surface area (Å²) in [5.41, 5.74) is 3.76. The first kappa shape index (κ1) is 19.4. The molecule has 1 amide bonds. The number of aromatic nitrogens is 3. The minimum Gasteiger partial charge on any atom is -0.349 e. The lowest BCUT2D eigenvalue weighted by molar-refractivity contribution is 0.0939. The van der Waals surface area contributed by atoms with E-state index < -0.39 is 0 Å². The zero-order chi connectivity index (χ0) is 20.5. The standard InChI is InChI=1S/C22H18Cl2N4O/c1-13(2)26-22(29)20-19(16-5-3-4-6-17(16)24)21(14-7-9-15(23)10-8-14)28-18(27-20)11-12-25-28/h3-13H,1-2H3,(H,26,29). The molecule has 5 nitrogen and oxygen atoms in total. The van der Waals surface area contributed by atoms with Gasteiger partial charge in [-0.05, 0) is 32.0 Å². The van der Waals surface area contributed by atoms with E-state index in [1.165, 1.54) is 0 Å². The number of rotatable bonds is 4. The van der Waals surface area contributed by atoms with Crippen LogP contribution in [0.1, 0.15) is 24.3 Å². The maximum Gasteiger partial charge on any atom is 0.270 e. The first-order chi connectivity index (χ1) is 14.0. The fraction of sp³-hybridized carbons (Fsp3) is 0.136. The monoisotopic (exact) mass is 424 g/mol. The lowest BCUT2D eigenvalue weighted by Crippen LogP contribution is -2.31. The summed E-state index contributed by atoms with van der Waals surface area (Å²) in [5, 5.41) is 8.52. The van der Waals surface area contributed by atoms with Crippen LogP contribution in [0.15, 0.2) is 60.8 Å². The van der Waals surface area contributed by atoms with Gasteiger partial charge in [0, 0.05) is 38.8 Å². The topological polar surface area (TPSA) is 59.3 Å². The number of halogens is 2. The van der Waals surface area contributed by atoms with Gasteiger partial charge in [-0.2, -0.15) is 5.10 Å². The SMILES string of the molecule is CC(C)NC(=O)c1nc2ccnn2c(-c2ccc(Cl)cc2)c1-c1ccccc1Cl. The van der Waals surface area contributed by atoms with Crippen LogP contribution in [-0.4, -0.2) is 26.5 Å². The second kappa shape index (κ2) is 7.85. The predicted octanol–water partition coefficient (Wildman–Crippen LogP) is 5.51. The first-order valence-electron chi connectivity index (χ1n) is 9.15.